The molecular formula is C14H11BrN2O2S. The molecule has 102 valence electrons. The predicted molar refractivity (Wildman–Crippen MR) is 83.5 cm³/mol. The van der Waals surface area contributed by atoms with Crippen molar-refractivity contribution < 1.29 is 9.59 Å². The van der Waals surface area contributed by atoms with Gasteiger partial charge >= 0.3 is 0 Å². The van der Waals surface area contributed by atoms with Gasteiger partial charge in [-0.15, -0.1) is 11.3 Å². The number of amides is 2. The maximum absolute atomic E-state index is 12.1. The molecule has 2 amide bonds. The third kappa shape index (κ3) is 2.36. The number of anilines is 2. The summed E-state index contributed by atoms with van der Waals surface area (Å²) in [5.41, 5.74) is 2.57. The van der Waals surface area contributed by atoms with Crippen LogP contribution in [0.25, 0.3) is 0 Å². The number of halogens is 1. The Morgan fingerprint density at radius 2 is 2.20 bits per heavy atom. The first-order valence-electron chi connectivity index (χ1n) is 5.99. The van der Waals surface area contributed by atoms with Gasteiger partial charge in [-0.3, -0.25) is 9.59 Å². The van der Waals surface area contributed by atoms with Gasteiger partial charge < -0.3 is 10.2 Å². The summed E-state index contributed by atoms with van der Waals surface area (Å²) in [6.07, 6.45) is 0.389. The van der Waals surface area contributed by atoms with Gasteiger partial charge in [0.2, 0.25) is 5.91 Å². The topological polar surface area (TPSA) is 49.4 Å². The Bertz CT molecular complexity index is 711. The van der Waals surface area contributed by atoms with Crippen molar-refractivity contribution in [2.75, 3.05) is 17.3 Å². The first kappa shape index (κ1) is 13.3. The smallest absolute Gasteiger partial charge is 0.265 e. The summed E-state index contributed by atoms with van der Waals surface area (Å²) in [5, 5.41) is 4.72. The van der Waals surface area contributed by atoms with Crippen LogP contribution in [0.5, 0.6) is 0 Å². The number of nitrogens with zero attached hydrogens (tertiary/aromatic N) is 1. The lowest BCUT2D eigenvalue weighted by atomic mass is 10.1. The van der Waals surface area contributed by atoms with Crippen LogP contribution in [0.3, 0.4) is 0 Å². The van der Waals surface area contributed by atoms with E-state index in [1.165, 1.54) is 11.3 Å². The van der Waals surface area contributed by atoms with E-state index in [0.717, 1.165) is 15.7 Å². The van der Waals surface area contributed by atoms with Gasteiger partial charge in [0, 0.05) is 28.3 Å². The Morgan fingerprint density at radius 1 is 1.40 bits per heavy atom. The quantitative estimate of drug-likeness (QED) is 0.903. The van der Waals surface area contributed by atoms with E-state index >= 15 is 0 Å². The fourth-order valence-corrected chi connectivity index (χ4v) is 3.49. The molecule has 1 aromatic carbocycles. The molecular weight excluding hydrogens is 340 g/mol. The highest BCUT2D eigenvalue weighted by Gasteiger charge is 2.24. The number of benzene rings is 1. The lowest BCUT2D eigenvalue weighted by Gasteiger charge is -2.10. The number of carbonyl (C=O) groups is 2. The third-order valence-electron chi connectivity index (χ3n) is 3.21. The van der Waals surface area contributed by atoms with Crippen LogP contribution in [0.15, 0.2) is 34.1 Å². The fourth-order valence-electron chi connectivity index (χ4n) is 2.17. The Hall–Kier alpha value is -1.66. The van der Waals surface area contributed by atoms with Crippen molar-refractivity contribution in [3.8, 4) is 0 Å². The number of thiophene rings is 1. The lowest BCUT2D eigenvalue weighted by Crippen LogP contribution is -2.20. The number of carbonyl (C=O) groups excluding carboxylic acids is 2. The minimum Gasteiger partial charge on any atom is -0.321 e. The summed E-state index contributed by atoms with van der Waals surface area (Å²) < 4.78 is 0.897. The van der Waals surface area contributed by atoms with Gasteiger partial charge in [0.25, 0.3) is 5.91 Å². The molecule has 1 aromatic heterocycles. The van der Waals surface area contributed by atoms with Crippen LogP contribution < -0.4 is 10.2 Å². The molecule has 0 unspecified atom stereocenters. The van der Waals surface area contributed by atoms with Crippen molar-refractivity contribution in [2.45, 2.75) is 6.42 Å². The number of hydrogen-bond acceptors (Lipinski definition) is 3. The molecule has 6 heteroatoms. The number of likely N-dealkylation sites (N-methyl/N-ethyl adjacent to an activating group) is 1. The molecule has 0 fully saturated rings. The molecule has 0 radical (unpaired) electrons. The summed E-state index contributed by atoms with van der Waals surface area (Å²) >= 11 is 4.71. The largest absolute Gasteiger partial charge is 0.321 e. The summed E-state index contributed by atoms with van der Waals surface area (Å²) in [6, 6.07) is 7.32. The Kier molecular flexibility index (Phi) is 3.35. The molecule has 0 saturated heterocycles. The molecule has 1 N–H and O–H groups in total. The van der Waals surface area contributed by atoms with Gasteiger partial charge in [0.05, 0.1) is 11.3 Å². The maximum Gasteiger partial charge on any atom is 0.265 e. The third-order valence-corrected chi connectivity index (χ3v) is 4.90. The summed E-state index contributed by atoms with van der Waals surface area (Å²) in [6.45, 7) is 0. The van der Waals surface area contributed by atoms with E-state index in [4.69, 9.17) is 0 Å². The number of hydrogen-bond donors (Lipinski definition) is 1. The second-order valence-corrected chi connectivity index (χ2v) is 6.38. The van der Waals surface area contributed by atoms with Crippen LogP contribution >= 0.6 is 27.3 Å². The van der Waals surface area contributed by atoms with Crippen LogP contribution in [0.1, 0.15) is 15.2 Å². The van der Waals surface area contributed by atoms with Crippen molar-refractivity contribution >= 4 is 50.5 Å². The van der Waals surface area contributed by atoms with Crippen LogP contribution in [0, 0.1) is 0 Å². The van der Waals surface area contributed by atoms with Crippen LogP contribution in [-0.2, 0) is 11.2 Å². The SMILES string of the molecule is CN1C(=O)Cc2cc(NC(=O)c3cc(Br)cs3)ccc21. The van der Waals surface area contributed by atoms with E-state index in [0.29, 0.717) is 17.0 Å². The van der Waals surface area contributed by atoms with Gasteiger partial charge in [-0.05, 0) is 45.8 Å². The van der Waals surface area contributed by atoms with Gasteiger partial charge in [0.1, 0.15) is 0 Å². The molecule has 0 bridgehead atoms. The van der Waals surface area contributed by atoms with E-state index in [1.807, 2.05) is 23.6 Å². The van der Waals surface area contributed by atoms with Gasteiger partial charge in [-0.25, -0.2) is 0 Å². The molecule has 0 atom stereocenters. The highest BCUT2D eigenvalue weighted by molar-refractivity contribution is 9.10. The molecule has 4 nitrogen and oxygen atoms in total. The highest BCUT2D eigenvalue weighted by Crippen LogP contribution is 2.30. The monoisotopic (exact) mass is 350 g/mol. The summed E-state index contributed by atoms with van der Waals surface area (Å²) in [4.78, 5) is 26.0. The average molecular weight is 351 g/mol. The molecule has 1 aliphatic heterocycles. The average Bonchev–Trinajstić information content (AvgIpc) is 2.95. The highest BCUT2D eigenvalue weighted by atomic mass is 79.9. The molecule has 0 spiro atoms. The second-order valence-electron chi connectivity index (χ2n) is 4.56. The molecule has 1 aliphatic rings. The van der Waals surface area contributed by atoms with E-state index in [2.05, 4.69) is 21.2 Å². The van der Waals surface area contributed by atoms with Crippen LogP contribution in [0.4, 0.5) is 11.4 Å². The molecule has 0 aliphatic carbocycles. The first-order valence-corrected chi connectivity index (χ1v) is 7.67. The Labute approximate surface area is 128 Å². The van der Waals surface area contributed by atoms with Crippen molar-refractivity contribution in [3.05, 3.63) is 44.6 Å². The van der Waals surface area contributed by atoms with E-state index in [9.17, 15) is 9.59 Å². The number of fused-ring (bicyclic) bond motifs is 1. The molecule has 2 aromatic rings. The Balaban J connectivity index is 1.81. The van der Waals surface area contributed by atoms with Crippen LogP contribution in [0.2, 0.25) is 0 Å². The zero-order valence-electron chi connectivity index (χ0n) is 10.6. The summed E-state index contributed by atoms with van der Waals surface area (Å²) in [7, 11) is 1.76. The maximum atomic E-state index is 12.1. The molecule has 3 rings (SSSR count). The van der Waals surface area contributed by atoms with E-state index in [-0.39, 0.29) is 11.8 Å². The molecule has 0 saturated carbocycles. The van der Waals surface area contributed by atoms with E-state index in [1.54, 1.807) is 18.0 Å². The second kappa shape index (κ2) is 5.03. The zero-order chi connectivity index (χ0) is 14.3. The normalized spacial score (nSPS) is 13.5. The van der Waals surface area contributed by atoms with Crippen LogP contribution in [-0.4, -0.2) is 18.9 Å². The molecule has 20 heavy (non-hydrogen) atoms. The van der Waals surface area contributed by atoms with Crippen molar-refractivity contribution in [1.82, 2.24) is 0 Å². The van der Waals surface area contributed by atoms with Gasteiger partial charge in [0.15, 0.2) is 0 Å². The minimum atomic E-state index is -0.140. The fraction of sp³-hybridized carbons (Fsp3) is 0.143. The summed E-state index contributed by atoms with van der Waals surface area (Å²) in [5.74, 6) is -0.0657. The number of rotatable bonds is 2. The predicted octanol–water partition coefficient (Wildman–Crippen LogP) is 3.28. The lowest BCUT2D eigenvalue weighted by molar-refractivity contribution is -0.117. The number of nitrogens with one attached hydrogen (secondary N) is 1. The van der Waals surface area contributed by atoms with Crippen molar-refractivity contribution in [2.24, 2.45) is 0 Å². The molecule has 2 heterocycles. The van der Waals surface area contributed by atoms with Crippen molar-refractivity contribution in [3.63, 3.8) is 0 Å². The Morgan fingerprint density at radius 3 is 2.90 bits per heavy atom. The first-order chi connectivity index (χ1) is 9.54. The van der Waals surface area contributed by atoms with Gasteiger partial charge in [-0.1, -0.05) is 0 Å². The standard InChI is InChI=1S/C14H11BrN2O2S/c1-17-11-3-2-10(4-8(11)5-13(17)18)16-14(19)12-6-9(15)7-20-12/h2-4,6-7H,5H2,1H3,(H,16,19). The van der Waals surface area contributed by atoms with E-state index < -0.39 is 0 Å². The van der Waals surface area contributed by atoms with Gasteiger partial charge in [-0.2, -0.15) is 0 Å². The zero-order valence-corrected chi connectivity index (χ0v) is 13.0. The minimum absolute atomic E-state index is 0.0747. The van der Waals surface area contributed by atoms with Crippen molar-refractivity contribution in [1.29, 1.82) is 0 Å².